The Balaban J connectivity index is 1.79. The Morgan fingerprint density at radius 2 is 1.90 bits per heavy atom. The maximum atomic E-state index is 12.9. The minimum absolute atomic E-state index is 0.0392. The maximum Gasteiger partial charge on any atom is 0.253 e. The van der Waals surface area contributed by atoms with Gasteiger partial charge in [0.1, 0.15) is 4.21 Å². The molecule has 4 rings (SSSR count). The van der Waals surface area contributed by atoms with Crippen molar-refractivity contribution in [3.63, 3.8) is 0 Å². The SMILES string of the molecule is Cc1ccc(S(=O)(=O)N2CCc3cccc4c3C2CC4)s1. The molecule has 110 valence electrons. The van der Waals surface area contributed by atoms with Gasteiger partial charge in [-0.15, -0.1) is 11.3 Å². The van der Waals surface area contributed by atoms with Crippen LogP contribution in [0.5, 0.6) is 0 Å². The van der Waals surface area contributed by atoms with Crippen LogP contribution in [0.4, 0.5) is 0 Å². The summed E-state index contributed by atoms with van der Waals surface area (Å²) in [6.45, 7) is 2.54. The van der Waals surface area contributed by atoms with Gasteiger partial charge in [0.2, 0.25) is 0 Å². The quantitative estimate of drug-likeness (QED) is 0.852. The Labute approximate surface area is 129 Å². The number of nitrogens with zero attached hydrogens (tertiary/aromatic N) is 1. The molecular weight excluding hydrogens is 302 g/mol. The molecule has 0 amide bonds. The van der Waals surface area contributed by atoms with Gasteiger partial charge in [-0.25, -0.2) is 8.42 Å². The third kappa shape index (κ3) is 1.99. The zero-order valence-electron chi connectivity index (χ0n) is 11.9. The van der Waals surface area contributed by atoms with Crippen molar-refractivity contribution in [3.8, 4) is 0 Å². The summed E-state index contributed by atoms with van der Waals surface area (Å²) >= 11 is 1.37. The van der Waals surface area contributed by atoms with E-state index in [1.165, 1.54) is 28.0 Å². The fraction of sp³-hybridized carbons (Fsp3) is 0.375. The van der Waals surface area contributed by atoms with Crippen molar-refractivity contribution in [1.29, 1.82) is 0 Å². The fourth-order valence-corrected chi connectivity index (χ4v) is 6.64. The highest BCUT2D eigenvalue weighted by molar-refractivity contribution is 7.91. The number of aryl methyl sites for hydroxylation is 2. The van der Waals surface area contributed by atoms with E-state index >= 15 is 0 Å². The zero-order valence-corrected chi connectivity index (χ0v) is 13.5. The molecule has 0 saturated carbocycles. The molecule has 2 heterocycles. The van der Waals surface area contributed by atoms with E-state index in [2.05, 4.69) is 18.2 Å². The molecule has 0 spiro atoms. The average Bonchev–Trinajstić information content (AvgIpc) is 3.08. The summed E-state index contributed by atoms with van der Waals surface area (Å²) in [6, 6.07) is 10.1. The summed E-state index contributed by atoms with van der Waals surface area (Å²) in [5, 5.41) is 0. The first-order valence-corrected chi connectivity index (χ1v) is 9.52. The molecule has 1 atom stereocenters. The topological polar surface area (TPSA) is 37.4 Å². The van der Waals surface area contributed by atoms with E-state index in [-0.39, 0.29) is 6.04 Å². The van der Waals surface area contributed by atoms with Gasteiger partial charge in [-0.2, -0.15) is 4.31 Å². The molecule has 1 aliphatic heterocycles. The number of hydrogen-bond acceptors (Lipinski definition) is 3. The molecule has 0 N–H and O–H groups in total. The minimum atomic E-state index is -3.36. The molecule has 21 heavy (non-hydrogen) atoms. The Kier molecular flexibility index (Phi) is 3.00. The highest BCUT2D eigenvalue weighted by atomic mass is 32.2. The number of hydrogen-bond donors (Lipinski definition) is 0. The fourth-order valence-electron chi connectivity index (χ4n) is 3.60. The molecule has 1 unspecified atom stereocenters. The van der Waals surface area contributed by atoms with E-state index in [1.807, 2.05) is 13.0 Å². The molecule has 1 aromatic heterocycles. The highest BCUT2D eigenvalue weighted by Crippen LogP contribution is 2.44. The summed E-state index contributed by atoms with van der Waals surface area (Å²) < 4.78 is 28.1. The van der Waals surface area contributed by atoms with Crippen LogP contribution in [0.15, 0.2) is 34.5 Å². The molecule has 1 aliphatic carbocycles. The van der Waals surface area contributed by atoms with Crippen LogP contribution in [0.2, 0.25) is 0 Å². The van der Waals surface area contributed by atoms with Gasteiger partial charge in [-0.3, -0.25) is 0 Å². The molecular formula is C16H17NO2S2. The van der Waals surface area contributed by atoms with E-state index in [4.69, 9.17) is 0 Å². The van der Waals surface area contributed by atoms with Crippen LogP contribution in [-0.2, 0) is 22.9 Å². The summed E-state index contributed by atoms with van der Waals surface area (Å²) in [7, 11) is -3.36. The molecule has 1 aromatic carbocycles. The number of sulfonamides is 1. The Morgan fingerprint density at radius 3 is 2.62 bits per heavy atom. The van der Waals surface area contributed by atoms with Crippen molar-refractivity contribution < 1.29 is 8.42 Å². The second-order valence-corrected chi connectivity index (χ2v) is 9.18. The predicted octanol–water partition coefficient (Wildman–Crippen LogP) is 3.29. The van der Waals surface area contributed by atoms with Crippen LogP contribution in [0.1, 0.15) is 34.0 Å². The third-order valence-electron chi connectivity index (χ3n) is 4.53. The smallest absolute Gasteiger partial charge is 0.206 e. The zero-order chi connectivity index (χ0) is 14.6. The largest absolute Gasteiger partial charge is 0.253 e. The van der Waals surface area contributed by atoms with Crippen molar-refractivity contribution in [2.45, 2.75) is 36.4 Å². The van der Waals surface area contributed by atoms with Crippen molar-refractivity contribution >= 4 is 21.4 Å². The molecule has 3 nitrogen and oxygen atoms in total. The van der Waals surface area contributed by atoms with Gasteiger partial charge >= 0.3 is 0 Å². The van der Waals surface area contributed by atoms with Gasteiger partial charge in [0.15, 0.2) is 0 Å². The highest BCUT2D eigenvalue weighted by Gasteiger charge is 2.40. The van der Waals surface area contributed by atoms with Crippen LogP contribution >= 0.6 is 11.3 Å². The number of thiophene rings is 1. The minimum Gasteiger partial charge on any atom is -0.206 e. The van der Waals surface area contributed by atoms with E-state index in [0.717, 1.165) is 24.1 Å². The van der Waals surface area contributed by atoms with Gasteiger partial charge in [-0.05, 0) is 55.0 Å². The van der Waals surface area contributed by atoms with E-state index in [0.29, 0.717) is 10.8 Å². The normalized spacial score (nSPS) is 21.5. The average molecular weight is 319 g/mol. The predicted molar refractivity (Wildman–Crippen MR) is 84.2 cm³/mol. The van der Waals surface area contributed by atoms with Gasteiger partial charge in [0.25, 0.3) is 10.0 Å². The molecule has 0 bridgehead atoms. The lowest BCUT2D eigenvalue weighted by molar-refractivity contribution is 0.309. The summed E-state index contributed by atoms with van der Waals surface area (Å²) in [4.78, 5) is 1.04. The van der Waals surface area contributed by atoms with Crippen LogP contribution in [-0.4, -0.2) is 19.3 Å². The van der Waals surface area contributed by atoms with Crippen LogP contribution in [0, 0.1) is 6.92 Å². The monoisotopic (exact) mass is 319 g/mol. The lowest BCUT2D eigenvalue weighted by atomic mass is 9.95. The Morgan fingerprint density at radius 1 is 1.14 bits per heavy atom. The van der Waals surface area contributed by atoms with Crippen LogP contribution < -0.4 is 0 Å². The van der Waals surface area contributed by atoms with Gasteiger partial charge in [0, 0.05) is 11.4 Å². The van der Waals surface area contributed by atoms with Crippen molar-refractivity contribution in [1.82, 2.24) is 4.31 Å². The molecule has 5 heteroatoms. The molecule has 2 aromatic rings. The summed E-state index contributed by atoms with van der Waals surface area (Å²) in [5.41, 5.74) is 3.95. The first-order valence-electron chi connectivity index (χ1n) is 7.26. The maximum absolute atomic E-state index is 12.9. The van der Waals surface area contributed by atoms with Crippen molar-refractivity contribution in [2.75, 3.05) is 6.54 Å². The first-order chi connectivity index (χ1) is 10.1. The first kappa shape index (κ1) is 13.5. The van der Waals surface area contributed by atoms with Crippen molar-refractivity contribution in [2.24, 2.45) is 0 Å². The van der Waals surface area contributed by atoms with Gasteiger partial charge < -0.3 is 0 Å². The molecule has 0 radical (unpaired) electrons. The number of rotatable bonds is 2. The standard InChI is InChI=1S/C16H17NO2S2/c1-11-5-8-15(20-11)21(18,19)17-10-9-13-4-2-3-12-6-7-14(17)16(12)13/h2-5,8,14H,6-7,9-10H2,1H3. The van der Waals surface area contributed by atoms with E-state index in [1.54, 1.807) is 10.4 Å². The van der Waals surface area contributed by atoms with E-state index < -0.39 is 10.0 Å². The van der Waals surface area contributed by atoms with Crippen LogP contribution in [0.3, 0.4) is 0 Å². The molecule has 0 fully saturated rings. The lowest BCUT2D eigenvalue weighted by Gasteiger charge is -2.33. The molecule has 0 saturated heterocycles. The second-order valence-electron chi connectivity index (χ2n) is 5.78. The van der Waals surface area contributed by atoms with Crippen LogP contribution in [0.25, 0.3) is 0 Å². The van der Waals surface area contributed by atoms with Gasteiger partial charge in [0.05, 0.1) is 6.04 Å². The Hall–Kier alpha value is -1.17. The summed E-state index contributed by atoms with van der Waals surface area (Å²) in [5.74, 6) is 0. The van der Waals surface area contributed by atoms with E-state index in [9.17, 15) is 8.42 Å². The Bertz CT molecular complexity index is 807. The second kappa shape index (κ2) is 4.66. The molecule has 2 aliphatic rings. The summed E-state index contributed by atoms with van der Waals surface area (Å²) in [6.07, 6.45) is 2.72. The lowest BCUT2D eigenvalue weighted by Crippen LogP contribution is -2.38. The van der Waals surface area contributed by atoms with Gasteiger partial charge in [-0.1, -0.05) is 18.2 Å². The third-order valence-corrected chi connectivity index (χ3v) is 7.91. The van der Waals surface area contributed by atoms with Crippen molar-refractivity contribution in [3.05, 3.63) is 51.9 Å². The number of benzene rings is 1.